The van der Waals surface area contributed by atoms with E-state index in [-0.39, 0.29) is 35.4 Å². The number of aliphatic hydroxyl groups excluding tert-OH is 1. The second-order valence-electron chi connectivity index (χ2n) is 15.3. The van der Waals surface area contributed by atoms with E-state index in [0.29, 0.717) is 48.3 Å². The first-order valence-electron chi connectivity index (χ1n) is 17.9. The largest absolute Gasteiger partial charge is 0.481 e. The molecule has 4 fully saturated rings. The van der Waals surface area contributed by atoms with Gasteiger partial charge in [0.25, 0.3) is 0 Å². The van der Waals surface area contributed by atoms with Gasteiger partial charge < -0.3 is 14.9 Å². The lowest BCUT2D eigenvalue weighted by Crippen LogP contribution is -2.59. The highest BCUT2D eigenvalue weighted by atomic mass is 16.5. The summed E-state index contributed by atoms with van der Waals surface area (Å²) in [5.74, 6) is 2.32. The molecule has 0 saturated heterocycles. The molecule has 10 unspecified atom stereocenters. The Morgan fingerprint density at radius 1 is 0.905 bits per heavy atom. The SMILES string of the molecule is CCC/C=C\CCCCCCCC(=O)OC1CCC2(C)C(CCC3C2CC(O)C2(C)C(C(C)CCC(=O)O)CCC32)C1. The second kappa shape index (κ2) is 15.1. The Morgan fingerprint density at radius 3 is 2.40 bits per heavy atom. The van der Waals surface area contributed by atoms with Gasteiger partial charge in [-0.2, -0.15) is 0 Å². The summed E-state index contributed by atoms with van der Waals surface area (Å²) >= 11 is 0. The van der Waals surface area contributed by atoms with Gasteiger partial charge in [-0.3, -0.25) is 9.59 Å². The Balaban J connectivity index is 1.23. The molecule has 4 rings (SSSR count). The van der Waals surface area contributed by atoms with Crippen LogP contribution in [0.25, 0.3) is 0 Å². The number of ether oxygens (including phenoxy) is 1. The molecule has 10 atom stereocenters. The summed E-state index contributed by atoms with van der Waals surface area (Å²) in [6.07, 6.45) is 23.8. The summed E-state index contributed by atoms with van der Waals surface area (Å²) in [5, 5.41) is 21.0. The third kappa shape index (κ3) is 7.46. The van der Waals surface area contributed by atoms with Gasteiger partial charge in [0, 0.05) is 12.8 Å². The van der Waals surface area contributed by atoms with Crippen LogP contribution < -0.4 is 0 Å². The van der Waals surface area contributed by atoms with E-state index in [1.807, 2.05) is 0 Å². The molecule has 0 radical (unpaired) electrons. The van der Waals surface area contributed by atoms with Crippen LogP contribution >= 0.6 is 0 Å². The number of aliphatic carboxylic acids is 1. The molecule has 0 bridgehead atoms. The van der Waals surface area contributed by atoms with Gasteiger partial charge in [0.05, 0.1) is 6.10 Å². The smallest absolute Gasteiger partial charge is 0.306 e. The topological polar surface area (TPSA) is 83.8 Å². The van der Waals surface area contributed by atoms with Crippen molar-refractivity contribution in [3.05, 3.63) is 12.2 Å². The van der Waals surface area contributed by atoms with Crippen LogP contribution in [0.3, 0.4) is 0 Å². The first kappa shape index (κ1) is 33.5. The predicted molar refractivity (Wildman–Crippen MR) is 169 cm³/mol. The average Bonchev–Trinajstić information content (AvgIpc) is 3.32. The fourth-order valence-corrected chi connectivity index (χ4v) is 10.5. The maximum atomic E-state index is 12.7. The molecule has 5 nitrogen and oxygen atoms in total. The molecule has 4 aliphatic carbocycles. The molecule has 4 saturated carbocycles. The molecule has 0 heterocycles. The lowest BCUT2D eigenvalue weighted by molar-refractivity contribution is -0.181. The molecule has 4 aliphatic rings. The number of carboxylic acid groups (broad SMARTS) is 1. The van der Waals surface area contributed by atoms with Crippen LogP contribution in [0, 0.1) is 46.3 Å². The van der Waals surface area contributed by atoms with Crippen LogP contribution in [0.2, 0.25) is 0 Å². The second-order valence-corrected chi connectivity index (χ2v) is 15.3. The molecule has 0 aliphatic heterocycles. The molecule has 0 spiro atoms. The maximum Gasteiger partial charge on any atom is 0.306 e. The lowest BCUT2D eigenvalue weighted by Gasteiger charge is -2.62. The average molecular weight is 587 g/mol. The standard InChI is InChI=1S/C37H62O5/c1-5-6-7-8-9-10-11-12-13-14-15-35(41)42-28-22-23-36(3)27(24-28)17-18-29-31-20-19-30(26(2)16-21-34(39)40)37(31,4)33(38)25-32(29)36/h7-8,26-33,38H,5-6,9-25H2,1-4H3,(H,39,40)/b8-7-. The van der Waals surface area contributed by atoms with Crippen molar-refractivity contribution in [2.24, 2.45) is 46.3 Å². The van der Waals surface area contributed by atoms with Gasteiger partial charge in [-0.25, -0.2) is 0 Å². The quantitative estimate of drug-likeness (QED) is 0.114. The number of rotatable bonds is 15. The molecule has 240 valence electrons. The first-order chi connectivity index (χ1) is 20.1. The van der Waals surface area contributed by atoms with Gasteiger partial charge in [-0.15, -0.1) is 0 Å². The molecule has 0 aromatic carbocycles. The summed E-state index contributed by atoms with van der Waals surface area (Å²) in [6, 6.07) is 0. The van der Waals surface area contributed by atoms with E-state index in [1.54, 1.807) is 0 Å². The van der Waals surface area contributed by atoms with Crippen molar-refractivity contribution in [1.82, 2.24) is 0 Å². The normalized spacial score (nSPS) is 38.5. The van der Waals surface area contributed by atoms with Crippen molar-refractivity contribution in [1.29, 1.82) is 0 Å². The third-order valence-electron chi connectivity index (χ3n) is 13.0. The molecule has 0 amide bonds. The summed E-state index contributed by atoms with van der Waals surface area (Å²) in [7, 11) is 0. The predicted octanol–water partition coefficient (Wildman–Crippen LogP) is 9.12. The number of fused-ring (bicyclic) bond motifs is 5. The first-order valence-corrected chi connectivity index (χ1v) is 17.9. The van der Waals surface area contributed by atoms with Crippen molar-refractivity contribution in [3.63, 3.8) is 0 Å². The van der Waals surface area contributed by atoms with E-state index in [1.165, 1.54) is 57.8 Å². The molecule has 0 aromatic heterocycles. The van der Waals surface area contributed by atoms with Gasteiger partial charge >= 0.3 is 11.9 Å². The van der Waals surface area contributed by atoms with Gasteiger partial charge in [0.2, 0.25) is 0 Å². The van der Waals surface area contributed by atoms with Gasteiger partial charge in [0.1, 0.15) is 6.10 Å². The Hall–Kier alpha value is -1.36. The van der Waals surface area contributed by atoms with E-state index in [4.69, 9.17) is 4.74 Å². The van der Waals surface area contributed by atoms with Crippen LogP contribution in [0.5, 0.6) is 0 Å². The summed E-state index contributed by atoms with van der Waals surface area (Å²) in [4.78, 5) is 23.9. The van der Waals surface area contributed by atoms with Crippen LogP contribution in [0.4, 0.5) is 0 Å². The number of carbonyl (C=O) groups excluding carboxylic acids is 1. The number of hydrogen-bond donors (Lipinski definition) is 2. The highest BCUT2D eigenvalue weighted by molar-refractivity contribution is 5.69. The molecule has 2 N–H and O–H groups in total. The third-order valence-corrected chi connectivity index (χ3v) is 13.0. The number of aliphatic hydroxyl groups is 1. The van der Waals surface area contributed by atoms with Crippen LogP contribution in [0.1, 0.15) is 150 Å². The van der Waals surface area contributed by atoms with Crippen molar-refractivity contribution in [3.8, 4) is 0 Å². The summed E-state index contributed by atoms with van der Waals surface area (Å²) in [5.41, 5.74) is 0.119. The fourth-order valence-electron chi connectivity index (χ4n) is 10.5. The number of hydrogen-bond acceptors (Lipinski definition) is 4. The minimum atomic E-state index is -0.713. The van der Waals surface area contributed by atoms with E-state index in [0.717, 1.165) is 44.9 Å². The van der Waals surface area contributed by atoms with E-state index >= 15 is 0 Å². The highest BCUT2D eigenvalue weighted by Crippen LogP contribution is 2.68. The monoisotopic (exact) mass is 586 g/mol. The van der Waals surface area contributed by atoms with Crippen LogP contribution in [-0.2, 0) is 14.3 Å². The van der Waals surface area contributed by atoms with Crippen LogP contribution in [0.15, 0.2) is 12.2 Å². The lowest BCUT2D eigenvalue weighted by atomic mass is 9.43. The summed E-state index contributed by atoms with van der Waals surface area (Å²) < 4.78 is 6.05. The molecule has 42 heavy (non-hydrogen) atoms. The van der Waals surface area contributed by atoms with Crippen LogP contribution in [-0.4, -0.2) is 34.4 Å². The Bertz CT molecular complexity index is 914. The van der Waals surface area contributed by atoms with Crippen molar-refractivity contribution in [2.45, 2.75) is 162 Å². The zero-order valence-electron chi connectivity index (χ0n) is 27.3. The van der Waals surface area contributed by atoms with Gasteiger partial charge in [-0.1, -0.05) is 65.5 Å². The van der Waals surface area contributed by atoms with E-state index < -0.39 is 5.97 Å². The minimum Gasteiger partial charge on any atom is -0.481 e. The summed E-state index contributed by atoms with van der Waals surface area (Å²) in [6.45, 7) is 9.26. The number of carboxylic acids is 1. The Kier molecular flexibility index (Phi) is 12.0. The van der Waals surface area contributed by atoms with Gasteiger partial charge in [0.15, 0.2) is 0 Å². The number of esters is 1. The molecular weight excluding hydrogens is 524 g/mol. The maximum absolute atomic E-state index is 12.7. The number of allylic oxidation sites excluding steroid dienone is 2. The van der Waals surface area contributed by atoms with Crippen molar-refractivity contribution < 1.29 is 24.5 Å². The van der Waals surface area contributed by atoms with Crippen molar-refractivity contribution in [2.75, 3.05) is 0 Å². The zero-order chi connectivity index (χ0) is 30.3. The molecular formula is C37H62O5. The molecule has 5 heteroatoms. The molecule has 0 aromatic rings. The van der Waals surface area contributed by atoms with Gasteiger partial charge in [-0.05, 0) is 130 Å². The number of unbranched alkanes of at least 4 members (excludes halogenated alkanes) is 6. The Morgan fingerprint density at radius 2 is 1.64 bits per heavy atom. The van der Waals surface area contributed by atoms with Crippen molar-refractivity contribution >= 4 is 11.9 Å². The zero-order valence-corrected chi connectivity index (χ0v) is 27.3. The van der Waals surface area contributed by atoms with E-state index in [2.05, 4.69) is 39.8 Å². The van der Waals surface area contributed by atoms with E-state index in [9.17, 15) is 19.8 Å². The highest BCUT2D eigenvalue weighted by Gasteiger charge is 2.63. The minimum absolute atomic E-state index is 0.00217. The Labute approximate surface area is 256 Å². The fraction of sp³-hybridized carbons (Fsp3) is 0.892. The number of carbonyl (C=O) groups is 2.